The lowest BCUT2D eigenvalue weighted by atomic mass is 10.2. The SMILES string of the molecule is CCN(CC(=O)Nc1c(F)cccc1F)C(=O)/C=C/c1cccc(OC)c1. The van der Waals surface area contributed by atoms with Crippen LogP contribution in [0.2, 0.25) is 0 Å². The third-order valence-corrected chi connectivity index (χ3v) is 3.77. The zero-order chi connectivity index (χ0) is 19.8. The van der Waals surface area contributed by atoms with Crippen LogP contribution in [0.25, 0.3) is 6.08 Å². The van der Waals surface area contributed by atoms with Crippen LogP contribution in [0.1, 0.15) is 12.5 Å². The highest BCUT2D eigenvalue weighted by Gasteiger charge is 2.16. The summed E-state index contributed by atoms with van der Waals surface area (Å²) in [5, 5.41) is 2.16. The number of hydrogen-bond donors (Lipinski definition) is 1. The van der Waals surface area contributed by atoms with Crippen molar-refractivity contribution >= 4 is 23.6 Å². The lowest BCUT2D eigenvalue weighted by molar-refractivity contribution is -0.130. The summed E-state index contributed by atoms with van der Waals surface area (Å²) >= 11 is 0. The number of nitrogens with one attached hydrogen (secondary N) is 1. The minimum Gasteiger partial charge on any atom is -0.497 e. The van der Waals surface area contributed by atoms with E-state index in [1.807, 2.05) is 0 Å². The number of ether oxygens (including phenoxy) is 1. The van der Waals surface area contributed by atoms with Gasteiger partial charge in [0, 0.05) is 12.6 Å². The summed E-state index contributed by atoms with van der Waals surface area (Å²) in [5.74, 6) is -2.19. The molecule has 2 amide bonds. The van der Waals surface area contributed by atoms with Gasteiger partial charge in [-0.2, -0.15) is 0 Å². The first-order valence-corrected chi connectivity index (χ1v) is 8.29. The summed E-state index contributed by atoms with van der Waals surface area (Å²) in [4.78, 5) is 25.6. The fraction of sp³-hybridized carbons (Fsp3) is 0.200. The molecule has 0 aliphatic heterocycles. The van der Waals surface area contributed by atoms with Crippen molar-refractivity contribution in [3.8, 4) is 5.75 Å². The Morgan fingerprint density at radius 2 is 1.81 bits per heavy atom. The minimum atomic E-state index is -0.879. The number of likely N-dealkylation sites (N-methyl/N-ethyl adjacent to an activating group) is 1. The van der Waals surface area contributed by atoms with Crippen LogP contribution >= 0.6 is 0 Å². The van der Waals surface area contributed by atoms with E-state index in [0.29, 0.717) is 5.75 Å². The predicted octanol–water partition coefficient (Wildman–Crippen LogP) is 3.47. The average Bonchev–Trinajstić information content (AvgIpc) is 2.67. The van der Waals surface area contributed by atoms with Crippen molar-refractivity contribution in [1.29, 1.82) is 0 Å². The maximum absolute atomic E-state index is 13.6. The molecule has 0 saturated carbocycles. The second kappa shape index (κ2) is 9.47. The van der Waals surface area contributed by atoms with Crippen LogP contribution in [0, 0.1) is 11.6 Å². The molecule has 0 atom stereocenters. The Labute approximate surface area is 156 Å². The van der Waals surface area contributed by atoms with Crippen LogP contribution in [0.5, 0.6) is 5.75 Å². The van der Waals surface area contributed by atoms with Crippen molar-refractivity contribution in [3.63, 3.8) is 0 Å². The Bertz CT molecular complexity index is 833. The van der Waals surface area contributed by atoms with Crippen LogP contribution in [0.4, 0.5) is 14.5 Å². The lowest BCUT2D eigenvalue weighted by Crippen LogP contribution is -2.37. The van der Waals surface area contributed by atoms with E-state index in [0.717, 1.165) is 17.7 Å². The van der Waals surface area contributed by atoms with Gasteiger partial charge in [-0.25, -0.2) is 8.78 Å². The normalized spacial score (nSPS) is 10.7. The van der Waals surface area contributed by atoms with Gasteiger partial charge in [-0.3, -0.25) is 9.59 Å². The van der Waals surface area contributed by atoms with E-state index in [1.165, 1.54) is 17.0 Å². The second-order valence-corrected chi connectivity index (χ2v) is 5.61. The Morgan fingerprint density at radius 3 is 2.44 bits per heavy atom. The van der Waals surface area contributed by atoms with Gasteiger partial charge in [0.25, 0.3) is 0 Å². The van der Waals surface area contributed by atoms with Crippen molar-refractivity contribution in [2.75, 3.05) is 25.5 Å². The van der Waals surface area contributed by atoms with Crippen LogP contribution in [0.15, 0.2) is 48.5 Å². The smallest absolute Gasteiger partial charge is 0.247 e. The number of benzene rings is 2. The van der Waals surface area contributed by atoms with Gasteiger partial charge < -0.3 is 15.0 Å². The summed E-state index contributed by atoms with van der Waals surface area (Å²) in [6.07, 6.45) is 2.93. The van der Waals surface area contributed by atoms with Crippen molar-refractivity contribution in [1.82, 2.24) is 4.90 Å². The number of para-hydroxylation sites is 1. The van der Waals surface area contributed by atoms with Crippen molar-refractivity contribution in [2.24, 2.45) is 0 Å². The number of halogens is 2. The molecular formula is C20H20F2N2O3. The standard InChI is InChI=1S/C20H20F2N2O3/c1-3-24(13-18(25)23-20-16(21)8-5-9-17(20)22)19(26)11-10-14-6-4-7-15(12-14)27-2/h4-12H,3,13H2,1-2H3,(H,23,25)/b11-10+. The van der Waals surface area contributed by atoms with Crippen LogP contribution < -0.4 is 10.1 Å². The number of methoxy groups -OCH3 is 1. The largest absolute Gasteiger partial charge is 0.497 e. The van der Waals surface area contributed by atoms with Gasteiger partial charge in [-0.1, -0.05) is 18.2 Å². The number of anilines is 1. The van der Waals surface area contributed by atoms with Gasteiger partial charge in [0.1, 0.15) is 29.6 Å². The molecule has 0 spiro atoms. The molecule has 5 nitrogen and oxygen atoms in total. The molecule has 2 aromatic carbocycles. The van der Waals surface area contributed by atoms with E-state index in [2.05, 4.69) is 5.32 Å². The van der Waals surface area contributed by atoms with Gasteiger partial charge in [0.2, 0.25) is 11.8 Å². The summed E-state index contributed by atoms with van der Waals surface area (Å²) in [7, 11) is 1.55. The Kier molecular flexibility index (Phi) is 7.05. The van der Waals surface area contributed by atoms with Gasteiger partial charge in [0.05, 0.1) is 7.11 Å². The molecule has 27 heavy (non-hydrogen) atoms. The zero-order valence-corrected chi connectivity index (χ0v) is 15.0. The van der Waals surface area contributed by atoms with Crippen LogP contribution in [0.3, 0.4) is 0 Å². The lowest BCUT2D eigenvalue weighted by Gasteiger charge is -2.19. The number of hydrogen-bond acceptors (Lipinski definition) is 3. The number of amides is 2. The Balaban J connectivity index is 2.01. The number of carbonyl (C=O) groups is 2. The molecule has 0 aromatic heterocycles. The minimum absolute atomic E-state index is 0.258. The van der Waals surface area contributed by atoms with Crippen molar-refractivity contribution < 1.29 is 23.1 Å². The fourth-order valence-corrected chi connectivity index (χ4v) is 2.33. The molecule has 0 radical (unpaired) electrons. The van der Waals surface area contributed by atoms with E-state index >= 15 is 0 Å². The quantitative estimate of drug-likeness (QED) is 0.755. The molecule has 0 aliphatic carbocycles. The number of nitrogens with zero attached hydrogens (tertiary/aromatic N) is 1. The summed E-state index contributed by atoms with van der Waals surface area (Å²) in [6, 6.07) is 10.4. The summed E-state index contributed by atoms with van der Waals surface area (Å²) in [6.45, 7) is 1.63. The molecule has 0 heterocycles. The topological polar surface area (TPSA) is 58.6 Å². The monoisotopic (exact) mass is 374 g/mol. The maximum atomic E-state index is 13.6. The summed E-state index contributed by atoms with van der Waals surface area (Å²) < 4.78 is 32.3. The number of carbonyl (C=O) groups excluding carboxylic acids is 2. The third-order valence-electron chi connectivity index (χ3n) is 3.77. The molecular weight excluding hydrogens is 354 g/mol. The predicted molar refractivity (Wildman–Crippen MR) is 99.3 cm³/mol. The average molecular weight is 374 g/mol. The molecule has 0 saturated heterocycles. The fourth-order valence-electron chi connectivity index (χ4n) is 2.33. The van der Waals surface area contributed by atoms with Crippen LogP contribution in [-0.4, -0.2) is 36.9 Å². The first-order chi connectivity index (χ1) is 12.9. The molecule has 2 rings (SSSR count). The van der Waals surface area contributed by atoms with E-state index in [9.17, 15) is 18.4 Å². The maximum Gasteiger partial charge on any atom is 0.247 e. The highest BCUT2D eigenvalue weighted by Crippen LogP contribution is 2.18. The van der Waals surface area contributed by atoms with E-state index in [1.54, 1.807) is 44.4 Å². The summed E-state index contributed by atoms with van der Waals surface area (Å²) in [5.41, 5.74) is 0.231. The second-order valence-electron chi connectivity index (χ2n) is 5.61. The van der Waals surface area contributed by atoms with E-state index in [4.69, 9.17) is 4.74 Å². The van der Waals surface area contributed by atoms with Gasteiger partial charge in [-0.05, 0) is 42.8 Å². The first-order valence-electron chi connectivity index (χ1n) is 8.29. The van der Waals surface area contributed by atoms with Gasteiger partial charge in [0.15, 0.2) is 0 Å². The van der Waals surface area contributed by atoms with Crippen molar-refractivity contribution in [3.05, 3.63) is 65.7 Å². The highest BCUT2D eigenvalue weighted by atomic mass is 19.1. The highest BCUT2D eigenvalue weighted by molar-refractivity contribution is 5.98. The molecule has 7 heteroatoms. The van der Waals surface area contributed by atoms with Gasteiger partial charge >= 0.3 is 0 Å². The number of rotatable bonds is 7. The van der Waals surface area contributed by atoms with E-state index < -0.39 is 29.1 Å². The molecule has 2 aromatic rings. The third kappa shape index (κ3) is 5.64. The zero-order valence-electron chi connectivity index (χ0n) is 15.0. The van der Waals surface area contributed by atoms with E-state index in [-0.39, 0.29) is 13.1 Å². The van der Waals surface area contributed by atoms with Crippen LogP contribution in [-0.2, 0) is 9.59 Å². The molecule has 0 unspecified atom stereocenters. The molecule has 1 N–H and O–H groups in total. The molecule has 0 bridgehead atoms. The Morgan fingerprint density at radius 1 is 1.15 bits per heavy atom. The molecule has 0 aliphatic rings. The van der Waals surface area contributed by atoms with Gasteiger partial charge in [-0.15, -0.1) is 0 Å². The first kappa shape index (κ1) is 20.1. The van der Waals surface area contributed by atoms with Crippen molar-refractivity contribution in [2.45, 2.75) is 6.92 Å². The molecule has 0 fully saturated rings. The Hall–Kier alpha value is -3.22. The molecule has 142 valence electrons.